The third-order valence-electron chi connectivity index (χ3n) is 5.21. The Balaban J connectivity index is 1.67. The molecule has 0 spiro atoms. The van der Waals surface area contributed by atoms with Crippen molar-refractivity contribution in [1.82, 2.24) is 0 Å². The summed E-state index contributed by atoms with van der Waals surface area (Å²) < 4.78 is 0. The van der Waals surface area contributed by atoms with Gasteiger partial charge < -0.3 is 15.3 Å². The molecule has 1 aliphatic rings. The van der Waals surface area contributed by atoms with E-state index in [4.69, 9.17) is 5.11 Å². The number of carbonyl (C=O) groups is 3. The maximum atomic E-state index is 12.6. The van der Waals surface area contributed by atoms with Crippen molar-refractivity contribution in [3.63, 3.8) is 0 Å². The smallest absolute Gasteiger partial charge is 0.310 e. The highest BCUT2D eigenvalue weighted by molar-refractivity contribution is 6.03. The van der Waals surface area contributed by atoms with Crippen LogP contribution < -0.4 is 10.2 Å². The molecule has 28 heavy (non-hydrogen) atoms. The van der Waals surface area contributed by atoms with Crippen LogP contribution in [0.5, 0.6) is 0 Å². The number of hydrogen-bond donors (Lipinski definition) is 2. The van der Waals surface area contributed by atoms with Gasteiger partial charge in [-0.3, -0.25) is 14.4 Å². The second-order valence-electron chi connectivity index (χ2n) is 7.06. The van der Waals surface area contributed by atoms with E-state index in [9.17, 15) is 14.4 Å². The Morgan fingerprint density at radius 3 is 2.50 bits per heavy atom. The molecule has 2 aromatic carbocycles. The highest BCUT2D eigenvalue weighted by Gasteiger charge is 2.35. The van der Waals surface area contributed by atoms with Crippen LogP contribution in [0.15, 0.2) is 48.5 Å². The maximum Gasteiger partial charge on any atom is 0.310 e. The van der Waals surface area contributed by atoms with Crippen molar-refractivity contribution in [1.29, 1.82) is 0 Å². The first-order chi connectivity index (χ1) is 13.4. The number of carboxylic acid groups (broad SMARTS) is 1. The van der Waals surface area contributed by atoms with Crippen molar-refractivity contribution in [2.45, 2.75) is 32.6 Å². The molecule has 1 fully saturated rings. The fraction of sp³-hybridized carbons (Fsp3) is 0.318. The Morgan fingerprint density at radius 1 is 1.18 bits per heavy atom. The summed E-state index contributed by atoms with van der Waals surface area (Å²) in [5, 5.41) is 11.9. The number of hydrogen-bond acceptors (Lipinski definition) is 3. The first kappa shape index (κ1) is 19.6. The van der Waals surface area contributed by atoms with Gasteiger partial charge in [-0.15, -0.1) is 0 Å². The zero-order chi connectivity index (χ0) is 20.3. The molecule has 1 heterocycles. The molecule has 6 nitrogen and oxygen atoms in total. The number of para-hydroxylation sites is 1. The molecule has 0 radical (unpaired) electrons. The average molecular weight is 380 g/mol. The first-order valence-electron chi connectivity index (χ1n) is 9.42. The zero-order valence-corrected chi connectivity index (χ0v) is 16.0. The lowest BCUT2D eigenvalue weighted by Crippen LogP contribution is -2.28. The van der Waals surface area contributed by atoms with Crippen LogP contribution in [0.3, 0.4) is 0 Å². The summed E-state index contributed by atoms with van der Waals surface area (Å²) in [4.78, 5) is 37.9. The van der Waals surface area contributed by atoms with Crippen molar-refractivity contribution < 1.29 is 19.5 Å². The highest BCUT2D eigenvalue weighted by atomic mass is 16.4. The number of anilines is 2. The number of amides is 2. The summed E-state index contributed by atoms with van der Waals surface area (Å²) in [7, 11) is 0. The summed E-state index contributed by atoms with van der Waals surface area (Å²) in [6.07, 6.45) is 0.996. The van der Waals surface area contributed by atoms with Crippen LogP contribution in [0.4, 0.5) is 11.4 Å². The molecule has 3 rings (SSSR count). The normalized spacial score (nSPS) is 17.4. The maximum absolute atomic E-state index is 12.6. The molecule has 2 unspecified atom stereocenters. The minimum absolute atomic E-state index is 0.0494. The molecule has 2 N–H and O–H groups in total. The molecule has 2 aromatic rings. The molecule has 0 bridgehead atoms. The van der Waals surface area contributed by atoms with Crippen LogP contribution in [-0.2, 0) is 20.8 Å². The van der Waals surface area contributed by atoms with E-state index in [0.29, 0.717) is 17.8 Å². The van der Waals surface area contributed by atoms with E-state index in [1.807, 2.05) is 31.2 Å². The Kier molecular flexibility index (Phi) is 5.78. The van der Waals surface area contributed by atoms with Gasteiger partial charge in [0.1, 0.15) is 0 Å². The van der Waals surface area contributed by atoms with Crippen LogP contribution in [-0.4, -0.2) is 29.4 Å². The molecule has 2 amide bonds. The number of aryl methyl sites for hydroxylation is 1. The van der Waals surface area contributed by atoms with Crippen LogP contribution in [0, 0.1) is 5.92 Å². The van der Waals surface area contributed by atoms with E-state index >= 15 is 0 Å². The lowest BCUT2D eigenvalue weighted by Gasteiger charge is -2.20. The summed E-state index contributed by atoms with van der Waals surface area (Å²) in [5.41, 5.74) is 3.22. The van der Waals surface area contributed by atoms with Crippen molar-refractivity contribution in [3.05, 3.63) is 59.7 Å². The molecule has 2 atom stereocenters. The van der Waals surface area contributed by atoms with Gasteiger partial charge in [0.2, 0.25) is 11.8 Å². The van der Waals surface area contributed by atoms with E-state index in [0.717, 1.165) is 17.7 Å². The number of rotatable bonds is 6. The van der Waals surface area contributed by atoms with E-state index in [1.54, 1.807) is 36.1 Å². The second-order valence-corrected chi connectivity index (χ2v) is 7.06. The van der Waals surface area contributed by atoms with Gasteiger partial charge in [-0.05, 0) is 42.7 Å². The fourth-order valence-corrected chi connectivity index (χ4v) is 3.43. The number of carboxylic acids is 1. The Morgan fingerprint density at radius 2 is 1.86 bits per heavy atom. The lowest BCUT2D eigenvalue weighted by molar-refractivity contribution is -0.138. The van der Waals surface area contributed by atoms with Gasteiger partial charge in [0.25, 0.3) is 0 Å². The monoisotopic (exact) mass is 380 g/mol. The topological polar surface area (TPSA) is 86.7 Å². The van der Waals surface area contributed by atoms with Crippen molar-refractivity contribution >= 4 is 29.2 Å². The quantitative estimate of drug-likeness (QED) is 0.804. The van der Waals surface area contributed by atoms with E-state index < -0.39 is 17.8 Å². The second kappa shape index (κ2) is 8.25. The summed E-state index contributed by atoms with van der Waals surface area (Å²) in [6.45, 7) is 4.01. The molecule has 0 saturated carbocycles. The molecule has 146 valence electrons. The van der Waals surface area contributed by atoms with Crippen molar-refractivity contribution in [2.24, 2.45) is 5.92 Å². The Hall–Kier alpha value is -3.15. The Labute approximate surface area is 164 Å². The zero-order valence-electron chi connectivity index (χ0n) is 16.0. The highest BCUT2D eigenvalue weighted by Crippen LogP contribution is 2.29. The molecule has 1 saturated heterocycles. The van der Waals surface area contributed by atoms with Gasteiger partial charge in [-0.1, -0.05) is 37.3 Å². The molecule has 0 aliphatic carbocycles. The third-order valence-corrected chi connectivity index (χ3v) is 5.21. The molecule has 6 heteroatoms. The van der Waals surface area contributed by atoms with E-state index in [1.165, 1.54) is 0 Å². The summed E-state index contributed by atoms with van der Waals surface area (Å²) in [5.74, 6) is -2.18. The number of carbonyl (C=O) groups excluding carboxylic acids is 2. The average Bonchev–Trinajstić information content (AvgIpc) is 3.09. The van der Waals surface area contributed by atoms with Crippen LogP contribution in [0.1, 0.15) is 37.3 Å². The van der Waals surface area contributed by atoms with Gasteiger partial charge in [-0.2, -0.15) is 0 Å². The van der Waals surface area contributed by atoms with Gasteiger partial charge in [0, 0.05) is 24.3 Å². The van der Waals surface area contributed by atoms with Crippen molar-refractivity contribution in [3.8, 4) is 0 Å². The third kappa shape index (κ3) is 4.06. The number of nitrogens with one attached hydrogen (secondary N) is 1. The number of aliphatic carboxylic acids is 1. The largest absolute Gasteiger partial charge is 0.481 e. The van der Waals surface area contributed by atoms with Gasteiger partial charge >= 0.3 is 5.97 Å². The summed E-state index contributed by atoms with van der Waals surface area (Å²) >= 11 is 0. The number of nitrogens with zero attached hydrogens (tertiary/aromatic N) is 1. The van der Waals surface area contributed by atoms with Crippen LogP contribution in [0.25, 0.3) is 0 Å². The lowest BCUT2D eigenvalue weighted by atomic mass is 10.0. The van der Waals surface area contributed by atoms with Gasteiger partial charge in [0.15, 0.2) is 0 Å². The minimum Gasteiger partial charge on any atom is -0.481 e. The van der Waals surface area contributed by atoms with Crippen LogP contribution >= 0.6 is 0 Å². The molecular weight excluding hydrogens is 356 g/mol. The molecule has 1 aliphatic heterocycles. The fourth-order valence-electron chi connectivity index (χ4n) is 3.43. The summed E-state index contributed by atoms with van der Waals surface area (Å²) in [6, 6.07) is 14.5. The van der Waals surface area contributed by atoms with Gasteiger partial charge in [0.05, 0.1) is 11.8 Å². The van der Waals surface area contributed by atoms with Crippen LogP contribution in [0.2, 0.25) is 0 Å². The Bertz CT molecular complexity index is 892. The van der Waals surface area contributed by atoms with Gasteiger partial charge in [-0.25, -0.2) is 0 Å². The number of benzene rings is 2. The predicted molar refractivity (Wildman–Crippen MR) is 107 cm³/mol. The van der Waals surface area contributed by atoms with E-state index in [-0.39, 0.29) is 18.2 Å². The SMILES string of the molecule is CCc1ccccc1N1CC(C(=O)Nc2ccc(C(C)C(=O)O)cc2)CC1=O. The molecule has 0 aromatic heterocycles. The first-order valence-corrected chi connectivity index (χ1v) is 9.42. The predicted octanol–water partition coefficient (Wildman–Crippen LogP) is 3.43. The molecular formula is C22H24N2O4. The van der Waals surface area contributed by atoms with Crippen molar-refractivity contribution in [2.75, 3.05) is 16.8 Å². The van der Waals surface area contributed by atoms with E-state index in [2.05, 4.69) is 5.32 Å². The standard InChI is InChI=1S/C22H24N2O4/c1-3-15-6-4-5-7-19(15)24-13-17(12-20(24)25)21(26)23-18-10-8-16(9-11-18)14(2)22(27)28/h4-11,14,17H,3,12-13H2,1-2H3,(H,23,26)(H,27,28). The minimum atomic E-state index is -0.895.